The molecule has 0 saturated carbocycles. The van der Waals surface area contributed by atoms with Crippen LogP contribution in [0.3, 0.4) is 0 Å². The molecule has 1 fully saturated rings. The number of likely N-dealkylation sites (tertiary alicyclic amines) is 1. The molecule has 1 aliphatic heterocycles. The van der Waals surface area contributed by atoms with Crippen LogP contribution in [0.25, 0.3) is 0 Å². The number of amides is 1. The minimum atomic E-state index is -0.717. The van der Waals surface area contributed by atoms with Crippen molar-refractivity contribution >= 4 is 17.7 Å². The van der Waals surface area contributed by atoms with Gasteiger partial charge in [-0.25, -0.2) is 8.78 Å². The molecule has 1 amide bonds. The van der Waals surface area contributed by atoms with Crippen LogP contribution in [0.15, 0.2) is 23.1 Å². The maximum Gasteiger partial charge on any atom is 0.232 e. The molecule has 1 atom stereocenters. The molecular formula is C15H19F2NO2S. The number of carbonyl (C=O) groups is 1. The quantitative estimate of drug-likeness (QED) is 0.872. The lowest BCUT2D eigenvalue weighted by atomic mass is 9.98. The number of halogens is 2. The van der Waals surface area contributed by atoms with Crippen LogP contribution in [-0.4, -0.2) is 40.4 Å². The van der Waals surface area contributed by atoms with Crippen LogP contribution in [0.4, 0.5) is 8.78 Å². The first-order valence-corrected chi connectivity index (χ1v) is 7.94. The zero-order valence-corrected chi connectivity index (χ0v) is 12.8. The highest BCUT2D eigenvalue weighted by Gasteiger charge is 2.26. The summed E-state index contributed by atoms with van der Waals surface area (Å²) < 4.78 is 26.3. The maximum atomic E-state index is 13.5. The molecule has 1 unspecified atom stereocenters. The van der Waals surface area contributed by atoms with Gasteiger partial charge in [0.2, 0.25) is 5.91 Å². The van der Waals surface area contributed by atoms with Crippen molar-refractivity contribution in [3.05, 3.63) is 29.8 Å². The fourth-order valence-electron chi connectivity index (χ4n) is 2.34. The molecule has 0 radical (unpaired) electrons. The summed E-state index contributed by atoms with van der Waals surface area (Å²) in [4.78, 5) is 14.1. The zero-order chi connectivity index (χ0) is 15.5. The predicted octanol–water partition coefficient (Wildman–Crippen LogP) is 2.82. The van der Waals surface area contributed by atoms with Crippen molar-refractivity contribution in [3.8, 4) is 0 Å². The lowest BCUT2D eigenvalue weighted by Crippen LogP contribution is -2.34. The molecule has 1 aromatic rings. The molecule has 1 heterocycles. The van der Waals surface area contributed by atoms with E-state index in [4.69, 9.17) is 0 Å². The molecule has 1 saturated heterocycles. The van der Waals surface area contributed by atoms with E-state index >= 15 is 0 Å². The van der Waals surface area contributed by atoms with Crippen LogP contribution in [0.5, 0.6) is 0 Å². The van der Waals surface area contributed by atoms with Gasteiger partial charge in [-0.05, 0) is 38.3 Å². The van der Waals surface area contributed by atoms with Crippen LogP contribution in [-0.2, 0) is 4.79 Å². The topological polar surface area (TPSA) is 40.5 Å². The van der Waals surface area contributed by atoms with Crippen molar-refractivity contribution in [1.82, 2.24) is 4.90 Å². The van der Waals surface area contributed by atoms with Crippen LogP contribution < -0.4 is 0 Å². The minimum absolute atomic E-state index is 0.0820. The van der Waals surface area contributed by atoms with E-state index in [-0.39, 0.29) is 16.6 Å². The summed E-state index contributed by atoms with van der Waals surface area (Å²) in [6, 6.07) is 3.34. The summed E-state index contributed by atoms with van der Waals surface area (Å²) in [5.41, 5.74) is -0.717. The average Bonchev–Trinajstić information content (AvgIpc) is 2.58. The maximum absolute atomic E-state index is 13.5. The number of thioether (sulfide) groups is 1. The van der Waals surface area contributed by atoms with Gasteiger partial charge >= 0.3 is 0 Å². The van der Waals surface area contributed by atoms with Crippen molar-refractivity contribution in [2.45, 2.75) is 36.7 Å². The van der Waals surface area contributed by atoms with Crippen LogP contribution >= 0.6 is 11.8 Å². The normalized spacial score (nSPS) is 23.0. The van der Waals surface area contributed by atoms with Crippen molar-refractivity contribution in [2.75, 3.05) is 18.8 Å². The summed E-state index contributed by atoms with van der Waals surface area (Å²) >= 11 is 1.07. The molecule has 6 heteroatoms. The Morgan fingerprint density at radius 2 is 2.14 bits per heavy atom. The van der Waals surface area contributed by atoms with Gasteiger partial charge in [0.05, 0.1) is 11.4 Å². The summed E-state index contributed by atoms with van der Waals surface area (Å²) in [6.45, 7) is 2.91. The van der Waals surface area contributed by atoms with Gasteiger partial charge in [0.15, 0.2) is 0 Å². The number of aliphatic hydroxyl groups is 1. The Hall–Kier alpha value is -1.14. The van der Waals surface area contributed by atoms with Gasteiger partial charge in [0.25, 0.3) is 0 Å². The number of nitrogens with zero attached hydrogens (tertiary/aromatic N) is 1. The van der Waals surface area contributed by atoms with Crippen LogP contribution in [0.1, 0.15) is 26.2 Å². The second-order valence-electron chi connectivity index (χ2n) is 5.59. The lowest BCUT2D eigenvalue weighted by molar-refractivity contribution is -0.128. The number of hydrogen-bond acceptors (Lipinski definition) is 3. The van der Waals surface area contributed by atoms with Crippen LogP contribution in [0, 0.1) is 11.6 Å². The monoisotopic (exact) mass is 315 g/mol. The summed E-state index contributed by atoms with van der Waals surface area (Å²) in [5, 5.41) is 10.00. The van der Waals surface area contributed by atoms with E-state index < -0.39 is 17.2 Å². The molecular weight excluding hydrogens is 296 g/mol. The van der Waals surface area contributed by atoms with Gasteiger partial charge in [-0.15, -0.1) is 11.8 Å². The molecule has 21 heavy (non-hydrogen) atoms. The number of carbonyl (C=O) groups excluding carboxylic acids is 1. The highest BCUT2D eigenvalue weighted by Crippen LogP contribution is 2.25. The highest BCUT2D eigenvalue weighted by atomic mass is 32.2. The molecule has 3 nitrogen and oxygen atoms in total. The van der Waals surface area contributed by atoms with Crippen LogP contribution in [0.2, 0.25) is 0 Å². The third-order valence-electron chi connectivity index (χ3n) is 3.66. The van der Waals surface area contributed by atoms with E-state index in [2.05, 4.69) is 0 Å². The molecule has 0 aliphatic carbocycles. The third-order valence-corrected chi connectivity index (χ3v) is 4.69. The molecule has 1 aliphatic rings. The van der Waals surface area contributed by atoms with E-state index in [0.29, 0.717) is 25.9 Å². The van der Waals surface area contributed by atoms with Gasteiger partial charge in [-0.1, -0.05) is 0 Å². The third kappa shape index (κ3) is 4.68. The van der Waals surface area contributed by atoms with Gasteiger partial charge in [-0.3, -0.25) is 4.79 Å². The summed E-state index contributed by atoms with van der Waals surface area (Å²) in [5.74, 6) is -1.24. The Morgan fingerprint density at radius 1 is 1.38 bits per heavy atom. The first-order valence-electron chi connectivity index (χ1n) is 6.95. The van der Waals surface area contributed by atoms with Gasteiger partial charge in [-0.2, -0.15) is 0 Å². The Bertz CT molecular complexity index is 522. The Morgan fingerprint density at radius 3 is 2.86 bits per heavy atom. The molecule has 0 bridgehead atoms. The number of rotatable bonds is 3. The Kier molecular flexibility index (Phi) is 5.22. The zero-order valence-electron chi connectivity index (χ0n) is 11.9. The second-order valence-corrected chi connectivity index (χ2v) is 6.61. The molecule has 1 aromatic carbocycles. The van der Waals surface area contributed by atoms with E-state index in [1.807, 2.05) is 0 Å². The van der Waals surface area contributed by atoms with Crippen molar-refractivity contribution in [2.24, 2.45) is 0 Å². The Labute approximate surface area is 127 Å². The van der Waals surface area contributed by atoms with E-state index in [1.54, 1.807) is 11.8 Å². The van der Waals surface area contributed by atoms with E-state index in [9.17, 15) is 18.7 Å². The van der Waals surface area contributed by atoms with Gasteiger partial charge in [0.1, 0.15) is 11.6 Å². The largest absolute Gasteiger partial charge is 0.390 e. The minimum Gasteiger partial charge on any atom is -0.390 e. The molecule has 116 valence electrons. The van der Waals surface area contributed by atoms with Gasteiger partial charge < -0.3 is 10.0 Å². The number of benzene rings is 1. The lowest BCUT2D eigenvalue weighted by Gasteiger charge is -2.22. The van der Waals surface area contributed by atoms with E-state index in [1.165, 1.54) is 12.1 Å². The van der Waals surface area contributed by atoms with E-state index in [0.717, 1.165) is 24.2 Å². The fraction of sp³-hybridized carbons (Fsp3) is 0.533. The SMILES string of the molecule is CC1(O)CCCN(C(=O)CSc2ccc(F)cc2F)CC1. The fourth-order valence-corrected chi connectivity index (χ4v) is 3.16. The predicted molar refractivity (Wildman–Crippen MR) is 78.1 cm³/mol. The first-order chi connectivity index (χ1) is 9.87. The van der Waals surface area contributed by atoms with Gasteiger partial charge in [0, 0.05) is 24.1 Å². The molecule has 0 aromatic heterocycles. The average molecular weight is 315 g/mol. The summed E-state index contributed by atoms with van der Waals surface area (Å²) in [6.07, 6.45) is 1.99. The smallest absolute Gasteiger partial charge is 0.232 e. The Balaban J connectivity index is 1.89. The standard InChI is InChI=1S/C15H19F2NO2S/c1-15(20)5-2-7-18(8-6-15)14(19)10-21-13-4-3-11(16)9-12(13)17/h3-4,9,20H,2,5-8,10H2,1H3. The molecule has 0 spiro atoms. The molecule has 1 N–H and O–H groups in total. The summed E-state index contributed by atoms with van der Waals surface area (Å²) in [7, 11) is 0. The number of hydrogen-bond donors (Lipinski definition) is 1. The first kappa shape index (κ1) is 16.2. The molecule has 2 rings (SSSR count). The van der Waals surface area contributed by atoms with Crippen molar-refractivity contribution < 1.29 is 18.7 Å². The highest BCUT2D eigenvalue weighted by molar-refractivity contribution is 8.00. The van der Waals surface area contributed by atoms with Crippen molar-refractivity contribution in [1.29, 1.82) is 0 Å². The van der Waals surface area contributed by atoms with Crippen molar-refractivity contribution in [3.63, 3.8) is 0 Å². The second kappa shape index (κ2) is 6.75.